The first-order chi connectivity index (χ1) is 15.1. The smallest absolute Gasteiger partial charge is 0.222 e. The number of rotatable bonds is 9. The summed E-state index contributed by atoms with van der Waals surface area (Å²) in [7, 11) is 3.48. The summed E-state index contributed by atoms with van der Waals surface area (Å²) < 4.78 is 5.23. The fourth-order valence-electron chi connectivity index (χ4n) is 3.84. The third-order valence-corrected chi connectivity index (χ3v) is 5.77. The Bertz CT molecular complexity index is 879. The molecule has 166 valence electrons. The summed E-state index contributed by atoms with van der Waals surface area (Å²) in [4.78, 5) is 18.1. The highest BCUT2D eigenvalue weighted by molar-refractivity contribution is 5.79. The maximum absolute atomic E-state index is 11.9. The molecule has 0 aromatic heterocycles. The number of methoxy groups -OCH3 is 1. The zero-order valence-corrected chi connectivity index (χ0v) is 18.9. The van der Waals surface area contributed by atoms with Crippen LogP contribution in [0.4, 0.5) is 0 Å². The highest BCUT2D eigenvalue weighted by atomic mass is 16.5. The Hall–Kier alpha value is -3.02. The zero-order valence-electron chi connectivity index (χ0n) is 18.9. The first-order valence-corrected chi connectivity index (χ1v) is 11.0. The predicted octanol–water partition coefficient (Wildman–Crippen LogP) is 3.68. The van der Waals surface area contributed by atoms with Gasteiger partial charge in [-0.3, -0.25) is 9.79 Å². The van der Waals surface area contributed by atoms with Crippen LogP contribution < -0.4 is 15.4 Å². The average Bonchev–Trinajstić information content (AvgIpc) is 3.20. The minimum absolute atomic E-state index is 0.261. The number of benzene rings is 2. The van der Waals surface area contributed by atoms with Gasteiger partial charge in [-0.2, -0.15) is 0 Å². The summed E-state index contributed by atoms with van der Waals surface area (Å²) in [6.45, 7) is 5.32. The van der Waals surface area contributed by atoms with Crippen LogP contribution in [0.1, 0.15) is 48.8 Å². The molecule has 2 aromatic carbocycles. The summed E-state index contributed by atoms with van der Waals surface area (Å²) in [5.74, 6) is 2.38. The van der Waals surface area contributed by atoms with Gasteiger partial charge in [0.05, 0.1) is 7.11 Å². The van der Waals surface area contributed by atoms with E-state index in [0.29, 0.717) is 25.4 Å². The number of ether oxygens (including phenoxy) is 1. The fourth-order valence-corrected chi connectivity index (χ4v) is 3.84. The number of carbonyl (C=O) groups is 1. The van der Waals surface area contributed by atoms with Crippen molar-refractivity contribution in [1.29, 1.82) is 0 Å². The van der Waals surface area contributed by atoms with Gasteiger partial charge in [0.2, 0.25) is 5.91 Å². The van der Waals surface area contributed by atoms with E-state index in [4.69, 9.17) is 4.74 Å². The molecule has 6 heteroatoms. The monoisotopic (exact) mass is 422 g/mol. The van der Waals surface area contributed by atoms with Crippen LogP contribution in [-0.2, 0) is 17.9 Å². The molecule has 0 saturated carbocycles. The Balaban J connectivity index is 1.43. The number of amides is 1. The van der Waals surface area contributed by atoms with Crippen LogP contribution in [0.2, 0.25) is 0 Å². The van der Waals surface area contributed by atoms with Gasteiger partial charge in [0.25, 0.3) is 0 Å². The Labute approximate surface area is 185 Å². The molecule has 1 fully saturated rings. The van der Waals surface area contributed by atoms with Crippen LogP contribution in [0.15, 0.2) is 53.5 Å². The summed E-state index contributed by atoms with van der Waals surface area (Å²) in [5, 5.41) is 6.79. The van der Waals surface area contributed by atoms with Crippen LogP contribution in [-0.4, -0.2) is 44.0 Å². The maximum Gasteiger partial charge on any atom is 0.222 e. The number of aliphatic imine (C=N–C) groups is 1. The van der Waals surface area contributed by atoms with E-state index >= 15 is 0 Å². The maximum atomic E-state index is 11.9. The van der Waals surface area contributed by atoms with Crippen molar-refractivity contribution in [1.82, 2.24) is 15.5 Å². The summed E-state index contributed by atoms with van der Waals surface area (Å²) in [6.07, 6.45) is 2.66. The first kappa shape index (κ1) is 22.7. The number of carbonyl (C=O) groups excluding carboxylic acids is 1. The van der Waals surface area contributed by atoms with E-state index in [0.717, 1.165) is 37.6 Å². The normalized spacial score (nSPS) is 15.1. The average molecular weight is 423 g/mol. The van der Waals surface area contributed by atoms with Crippen LogP contribution in [0.5, 0.6) is 5.75 Å². The molecule has 1 atom stereocenters. The molecule has 0 spiro atoms. The molecule has 3 rings (SSSR count). The van der Waals surface area contributed by atoms with Crippen molar-refractivity contribution in [2.45, 2.75) is 45.2 Å². The van der Waals surface area contributed by atoms with E-state index in [1.165, 1.54) is 16.7 Å². The van der Waals surface area contributed by atoms with Gasteiger partial charge in [0, 0.05) is 39.6 Å². The molecule has 2 N–H and O–H groups in total. The second kappa shape index (κ2) is 11.4. The Kier molecular flexibility index (Phi) is 8.33. The summed E-state index contributed by atoms with van der Waals surface area (Å²) >= 11 is 0. The van der Waals surface area contributed by atoms with Crippen molar-refractivity contribution >= 4 is 11.9 Å². The lowest BCUT2D eigenvalue weighted by atomic mass is 9.98. The number of guanidine groups is 1. The lowest BCUT2D eigenvalue weighted by Crippen LogP contribution is -2.37. The van der Waals surface area contributed by atoms with Crippen molar-refractivity contribution in [3.05, 3.63) is 65.2 Å². The largest absolute Gasteiger partial charge is 0.497 e. The molecule has 0 bridgehead atoms. The van der Waals surface area contributed by atoms with E-state index in [1.807, 2.05) is 17.0 Å². The molecular weight excluding hydrogens is 388 g/mol. The number of likely N-dealkylation sites (tertiary alicyclic amines) is 1. The molecular formula is C25H34N4O2. The quantitative estimate of drug-likeness (QED) is 0.478. The van der Waals surface area contributed by atoms with Gasteiger partial charge in [-0.25, -0.2) is 0 Å². The predicted molar refractivity (Wildman–Crippen MR) is 125 cm³/mol. The van der Waals surface area contributed by atoms with E-state index in [1.54, 1.807) is 14.2 Å². The van der Waals surface area contributed by atoms with Gasteiger partial charge in [-0.05, 0) is 47.6 Å². The van der Waals surface area contributed by atoms with Crippen molar-refractivity contribution < 1.29 is 9.53 Å². The summed E-state index contributed by atoms with van der Waals surface area (Å²) in [6, 6.07) is 16.7. The van der Waals surface area contributed by atoms with Crippen LogP contribution in [0, 0.1) is 0 Å². The third kappa shape index (κ3) is 6.74. The Morgan fingerprint density at radius 3 is 2.61 bits per heavy atom. The molecule has 1 aliphatic rings. The van der Waals surface area contributed by atoms with Crippen molar-refractivity contribution in [3.8, 4) is 5.75 Å². The van der Waals surface area contributed by atoms with Gasteiger partial charge >= 0.3 is 0 Å². The third-order valence-electron chi connectivity index (χ3n) is 5.77. The number of nitrogens with zero attached hydrogens (tertiary/aromatic N) is 2. The topological polar surface area (TPSA) is 66.0 Å². The molecule has 1 heterocycles. The highest BCUT2D eigenvalue weighted by Crippen LogP contribution is 2.21. The van der Waals surface area contributed by atoms with Gasteiger partial charge < -0.3 is 20.3 Å². The molecule has 2 aromatic rings. The minimum atomic E-state index is 0.261. The molecule has 1 unspecified atom stereocenters. The number of nitrogens with one attached hydrogen (secondary N) is 2. The number of hydrogen-bond donors (Lipinski definition) is 2. The molecule has 1 amide bonds. The standard InChI is InChI=1S/C25H34N4O2/c1-19(22-9-11-23(31-3)12-10-22)13-14-27-25(26-2)28-17-20-6-4-7-21(16-20)18-29-15-5-8-24(29)30/h4,6-7,9-12,16,19H,5,8,13-15,17-18H2,1-3H3,(H2,26,27,28). The molecule has 0 aliphatic carbocycles. The van der Waals surface area contributed by atoms with Crippen LogP contribution >= 0.6 is 0 Å². The molecule has 31 heavy (non-hydrogen) atoms. The summed E-state index contributed by atoms with van der Waals surface area (Å²) in [5.41, 5.74) is 3.66. The second-order valence-corrected chi connectivity index (χ2v) is 8.05. The van der Waals surface area contributed by atoms with Crippen molar-refractivity contribution in [2.75, 3.05) is 27.2 Å². The molecule has 1 aliphatic heterocycles. The van der Waals surface area contributed by atoms with E-state index in [9.17, 15) is 4.79 Å². The first-order valence-electron chi connectivity index (χ1n) is 11.0. The minimum Gasteiger partial charge on any atom is -0.497 e. The lowest BCUT2D eigenvalue weighted by molar-refractivity contribution is -0.128. The number of hydrogen-bond acceptors (Lipinski definition) is 3. The van der Waals surface area contributed by atoms with Crippen LogP contribution in [0.3, 0.4) is 0 Å². The van der Waals surface area contributed by atoms with E-state index < -0.39 is 0 Å². The lowest BCUT2D eigenvalue weighted by Gasteiger charge is -2.17. The van der Waals surface area contributed by atoms with Gasteiger partial charge in [0.1, 0.15) is 5.75 Å². The van der Waals surface area contributed by atoms with Crippen molar-refractivity contribution in [2.24, 2.45) is 4.99 Å². The second-order valence-electron chi connectivity index (χ2n) is 8.05. The fraction of sp³-hybridized carbons (Fsp3) is 0.440. The molecule has 6 nitrogen and oxygen atoms in total. The molecule has 1 saturated heterocycles. The van der Waals surface area contributed by atoms with Gasteiger partial charge in [0.15, 0.2) is 5.96 Å². The van der Waals surface area contributed by atoms with Crippen LogP contribution in [0.25, 0.3) is 0 Å². The zero-order chi connectivity index (χ0) is 22.1. The molecule has 0 radical (unpaired) electrons. The van der Waals surface area contributed by atoms with E-state index in [2.05, 4.69) is 58.9 Å². The Morgan fingerprint density at radius 2 is 1.94 bits per heavy atom. The van der Waals surface area contributed by atoms with Crippen molar-refractivity contribution in [3.63, 3.8) is 0 Å². The van der Waals surface area contributed by atoms with Gasteiger partial charge in [-0.1, -0.05) is 43.3 Å². The van der Waals surface area contributed by atoms with E-state index in [-0.39, 0.29) is 5.91 Å². The Morgan fingerprint density at radius 1 is 1.16 bits per heavy atom. The SMILES string of the molecule is CN=C(NCCC(C)c1ccc(OC)cc1)NCc1cccc(CN2CCCC2=O)c1. The van der Waals surface area contributed by atoms with Gasteiger partial charge in [-0.15, -0.1) is 0 Å². The highest BCUT2D eigenvalue weighted by Gasteiger charge is 2.19.